The average molecular weight is 269 g/mol. The van der Waals surface area contributed by atoms with E-state index >= 15 is 0 Å². The van der Waals surface area contributed by atoms with Gasteiger partial charge in [0.1, 0.15) is 17.9 Å². The van der Waals surface area contributed by atoms with Gasteiger partial charge in [-0.2, -0.15) is 0 Å². The molecule has 0 radical (unpaired) electrons. The lowest BCUT2D eigenvalue weighted by molar-refractivity contribution is 0.478. The molecule has 0 unspecified atom stereocenters. The number of aryl methyl sites for hydroxylation is 2. The molecule has 2 aromatic heterocycles. The molecular weight excluding hydrogens is 254 g/mol. The Hall–Kier alpha value is -2.63. The molecular formula is C14H15N5O. The second kappa shape index (κ2) is 4.80. The SMILES string of the molecule is Cc1nc(CNc2ncnc3ccc(N)cc23)oc1C. The molecule has 6 nitrogen and oxygen atoms in total. The summed E-state index contributed by atoms with van der Waals surface area (Å²) in [4.78, 5) is 12.8. The smallest absolute Gasteiger partial charge is 0.213 e. The number of rotatable bonds is 3. The van der Waals surface area contributed by atoms with Gasteiger partial charge in [-0.05, 0) is 32.0 Å². The monoisotopic (exact) mass is 269 g/mol. The Bertz CT molecular complexity index is 746. The van der Waals surface area contributed by atoms with Gasteiger partial charge in [-0.15, -0.1) is 0 Å². The minimum atomic E-state index is 0.468. The van der Waals surface area contributed by atoms with Crippen LogP contribution >= 0.6 is 0 Å². The highest BCUT2D eigenvalue weighted by atomic mass is 16.4. The van der Waals surface area contributed by atoms with E-state index in [4.69, 9.17) is 10.2 Å². The van der Waals surface area contributed by atoms with Crippen molar-refractivity contribution < 1.29 is 4.42 Å². The maximum absolute atomic E-state index is 5.81. The van der Waals surface area contributed by atoms with Crippen molar-refractivity contribution in [1.82, 2.24) is 15.0 Å². The molecule has 0 aliphatic rings. The molecule has 0 aliphatic heterocycles. The number of oxazole rings is 1. The number of anilines is 2. The summed E-state index contributed by atoms with van der Waals surface area (Å²) in [6.45, 7) is 4.28. The van der Waals surface area contributed by atoms with Crippen LogP contribution < -0.4 is 11.1 Å². The Kier molecular flexibility index (Phi) is 2.98. The van der Waals surface area contributed by atoms with E-state index in [0.29, 0.717) is 18.1 Å². The van der Waals surface area contributed by atoms with E-state index in [1.165, 1.54) is 6.33 Å². The zero-order valence-electron chi connectivity index (χ0n) is 11.3. The van der Waals surface area contributed by atoms with Gasteiger partial charge >= 0.3 is 0 Å². The van der Waals surface area contributed by atoms with Gasteiger partial charge in [0.25, 0.3) is 0 Å². The number of nitrogens with two attached hydrogens (primary N) is 1. The van der Waals surface area contributed by atoms with Crippen LogP contribution in [0.1, 0.15) is 17.3 Å². The summed E-state index contributed by atoms with van der Waals surface area (Å²) in [5.41, 5.74) is 8.23. The van der Waals surface area contributed by atoms with Crippen molar-refractivity contribution in [3.05, 3.63) is 41.9 Å². The molecule has 0 saturated carbocycles. The Morgan fingerprint density at radius 1 is 1.25 bits per heavy atom. The van der Waals surface area contributed by atoms with E-state index < -0.39 is 0 Å². The topological polar surface area (TPSA) is 89.9 Å². The number of nitrogen functional groups attached to an aromatic ring is 1. The van der Waals surface area contributed by atoms with Crippen LogP contribution in [-0.4, -0.2) is 15.0 Å². The van der Waals surface area contributed by atoms with E-state index in [0.717, 1.165) is 28.2 Å². The minimum absolute atomic E-state index is 0.468. The molecule has 102 valence electrons. The van der Waals surface area contributed by atoms with E-state index in [2.05, 4.69) is 20.3 Å². The molecule has 6 heteroatoms. The minimum Gasteiger partial charge on any atom is -0.444 e. The summed E-state index contributed by atoms with van der Waals surface area (Å²) in [5.74, 6) is 2.19. The average Bonchev–Trinajstić information content (AvgIpc) is 2.75. The van der Waals surface area contributed by atoms with Crippen LogP contribution in [0.5, 0.6) is 0 Å². The van der Waals surface area contributed by atoms with Crippen LogP contribution in [0.3, 0.4) is 0 Å². The third-order valence-corrected chi connectivity index (χ3v) is 3.14. The van der Waals surface area contributed by atoms with Crippen molar-refractivity contribution in [2.45, 2.75) is 20.4 Å². The van der Waals surface area contributed by atoms with E-state index in [1.54, 1.807) is 0 Å². The molecule has 2 heterocycles. The fourth-order valence-corrected chi connectivity index (χ4v) is 1.99. The van der Waals surface area contributed by atoms with Crippen LogP contribution in [0.25, 0.3) is 10.9 Å². The summed E-state index contributed by atoms with van der Waals surface area (Å²) in [5, 5.41) is 4.09. The van der Waals surface area contributed by atoms with Gasteiger partial charge in [-0.3, -0.25) is 0 Å². The molecule has 0 spiro atoms. The summed E-state index contributed by atoms with van der Waals surface area (Å²) >= 11 is 0. The van der Waals surface area contributed by atoms with Crippen LogP contribution in [0.2, 0.25) is 0 Å². The van der Waals surface area contributed by atoms with Gasteiger partial charge in [-0.25, -0.2) is 15.0 Å². The maximum Gasteiger partial charge on any atom is 0.213 e. The molecule has 0 aliphatic carbocycles. The second-order valence-electron chi connectivity index (χ2n) is 4.60. The molecule has 20 heavy (non-hydrogen) atoms. The van der Waals surface area contributed by atoms with Crippen LogP contribution in [0.15, 0.2) is 28.9 Å². The fraction of sp³-hybridized carbons (Fsp3) is 0.214. The number of fused-ring (bicyclic) bond motifs is 1. The number of aromatic nitrogens is 3. The van der Waals surface area contributed by atoms with Gasteiger partial charge in [0.2, 0.25) is 5.89 Å². The predicted octanol–water partition coefficient (Wildman–Crippen LogP) is 2.43. The summed E-state index contributed by atoms with van der Waals surface area (Å²) in [7, 11) is 0. The molecule has 0 saturated heterocycles. The Labute approximate surface area is 116 Å². The second-order valence-corrected chi connectivity index (χ2v) is 4.60. The Morgan fingerprint density at radius 3 is 2.85 bits per heavy atom. The normalized spacial score (nSPS) is 10.9. The van der Waals surface area contributed by atoms with Crippen molar-refractivity contribution in [1.29, 1.82) is 0 Å². The standard InChI is InChI=1S/C14H15N5O/c1-8-9(2)20-13(19-8)6-16-14-11-5-10(15)3-4-12(11)17-7-18-14/h3-5,7H,6,15H2,1-2H3,(H,16,17,18). The summed E-state index contributed by atoms with van der Waals surface area (Å²) in [6.07, 6.45) is 1.52. The fourth-order valence-electron chi connectivity index (χ4n) is 1.99. The van der Waals surface area contributed by atoms with Crippen molar-refractivity contribution in [3.63, 3.8) is 0 Å². The molecule has 3 rings (SSSR count). The number of nitrogens with zero attached hydrogens (tertiary/aromatic N) is 3. The lowest BCUT2D eigenvalue weighted by Gasteiger charge is -2.06. The van der Waals surface area contributed by atoms with Gasteiger partial charge < -0.3 is 15.5 Å². The molecule has 0 bridgehead atoms. The lowest BCUT2D eigenvalue weighted by Crippen LogP contribution is -2.03. The van der Waals surface area contributed by atoms with E-state index in [9.17, 15) is 0 Å². The number of nitrogens with one attached hydrogen (secondary N) is 1. The highest BCUT2D eigenvalue weighted by molar-refractivity contribution is 5.91. The Morgan fingerprint density at radius 2 is 2.10 bits per heavy atom. The quantitative estimate of drug-likeness (QED) is 0.710. The lowest BCUT2D eigenvalue weighted by atomic mass is 10.2. The summed E-state index contributed by atoms with van der Waals surface area (Å²) < 4.78 is 5.53. The first-order chi connectivity index (χ1) is 9.63. The first-order valence-corrected chi connectivity index (χ1v) is 6.30. The van der Waals surface area contributed by atoms with Crippen LogP contribution in [0.4, 0.5) is 11.5 Å². The Balaban J connectivity index is 1.89. The summed E-state index contributed by atoms with van der Waals surface area (Å²) in [6, 6.07) is 5.54. The van der Waals surface area contributed by atoms with Gasteiger partial charge in [0.05, 0.1) is 17.8 Å². The molecule has 0 atom stereocenters. The zero-order valence-corrected chi connectivity index (χ0v) is 11.3. The highest BCUT2D eigenvalue weighted by Gasteiger charge is 2.08. The first-order valence-electron chi connectivity index (χ1n) is 6.30. The number of benzene rings is 1. The van der Waals surface area contributed by atoms with Gasteiger partial charge in [0.15, 0.2) is 0 Å². The zero-order chi connectivity index (χ0) is 14.1. The van der Waals surface area contributed by atoms with E-state index in [1.807, 2.05) is 32.0 Å². The molecule has 3 N–H and O–H groups in total. The predicted molar refractivity (Wildman–Crippen MR) is 77.3 cm³/mol. The molecule has 0 amide bonds. The van der Waals surface area contributed by atoms with Crippen molar-refractivity contribution >= 4 is 22.4 Å². The molecule has 3 aromatic rings. The number of hydrogen-bond donors (Lipinski definition) is 2. The molecule has 1 aromatic carbocycles. The first kappa shape index (κ1) is 12.4. The van der Waals surface area contributed by atoms with E-state index in [-0.39, 0.29) is 0 Å². The maximum atomic E-state index is 5.81. The third kappa shape index (κ3) is 2.27. The largest absolute Gasteiger partial charge is 0.444 e. The van der Waals surface area contributed by atoms with Gasteiger partial charge in [0, 0.05) is 11.1 Å². The van der Waals surface area contributed by atoms with Crippen LogP contribution in [-0.2, 0) is 6.54 Å². The van der Waals surface area contributed by atoms with Crippen molar-refractivity contribution in [3.8, 4) is 0 Å². The van der Waals surface area contributed by atoms with Crippen molar-refractivity contribution in [2.24, 2.45) is 0 Å². The number of hydrogen-bond acceptors (Lipinski definition) is 6. The van der Waals surface area contributed by atoms with Gasteiger partial charge in [-0.1, -0.05) is 0 Å². The third-order valence-electron chi connectivity index (χ3n) is 3.14. The highest BCUT2D eigenvalue weighted by Crippen LogP contribution is 2.22. The molecule has 0 fully saturated rings. The van der Waals surface area contributed by atoms with Crippen molar-refractivity contribution in [2.75, 3.05) is 11.1 Å². The van der Waals surface area contributed by atoms with Crippen LogP contribution in [0, 0.1) is 13.8 Å².